The number of hydrazine groups is 1. The number of nitrogens with two attached hydrogens (primary N) is 1. The fourth-order valence-corrected chi connectivity index (χ4v) is 1.59. The van der Waals surface area contributed by atoms with Gasteiger partial charge in [-0.2, -0.15) is 0 Å². The van der Waals surface area contributed by atoms with Crippen LogP contribution in [0.3, 0.4) is 0 Å². The molecule has 3 heteroatoms. The summed E-state index contributed by atoms with van der Waals surface area (Å²) in [4.78, 5) is 0. The average molecular weight is 255 g/mol. The molecule has 0 amide bonds. The summed E-state index contributed by atoms with van der Waals surface area (Å²) in [7, 11) is 0. The quantitative estimate of drug-likeness (QED) is 0.482. The normalized spacial score (nSPS) is 12.4. The molecule has 1 aromatic rings. The van der Waals surface area contributed by atoms with Crippen LogP contribution in [0.5, 0.6) is 0 Å². The summed E-state index contributed by atoms with van der Waals surface area (Å²) in [5, 5.41) is 0. The minimum atomic E-state index is 0.209. The maximum atomic E-state index is 5.49. The lowest BCUT2D eigenvalue weighted by atomic mass is 10.0. The summed E-state index contributed by atoms with van der Waals surface area (Å²) in [6.45, 7) is 3.70. The summed E-state index contributed by atoms with van der Waals surface area (Å²) in [5.74, 6) is 5.49. The molecule has 1 atom stereocenters. The van der Waals surface area contributed by atoms with Crippen molar-refractivity contribution in [2.75, 3.05) is 0 Å². The largest absolute Gasteiger partial charge is 0.271 e. The molecule has 0 aromatic heterocycles. The standard InChI is InChI=1S/C11H15BrN2/c1-2-3-4-11(14-13)9-5-7-10(12)8-6-9/h2,5-8,11,14H,1,3-4,13H2. The molecule has 2 nitrogen and oxygen atoms in total. The highest BCUT2D eigenvalue weighted by Crippen LogP contribution is 2.20. The fourth-order valence-electron chi connectivity index (χ4n) is 1.33. The van der Waals surface area contributed by atoms with Crippen molar-refractivity contribution >= 4 is 15.9 Å². The molecule has 0 heterocycles. The number of hydrogen-bond acceptors (Lipinski definition) is 2. The first kappa shape index (κ1) is 11.4. The van der Waals surface area contributed by atoms with Gasteiger partial charge in [0.25, 0.3) is 0 Å². The molecular formula is C11H15BrN2. The summed E-state index contributed by atoms with van der Waals surface area (Å²) < 4.78 is 1.08. The van der Waals surface area contributed by atoms with Crippen molar-refractivity contribution in [3.8, 4) is 0 Å². The van der Waals surface area contributed by atoms with Gasteiger partial charge in [-0.05, 0) is 30.5 Å². The molecule has 1 aromatic carbocycles. The Morgan fingerprint density at radius 1 is 1.43 bits per heavy atom. The molecule has 0 bridgehead atoms. The van der Waals surface area contributed by atoms with Crippen molar-refractivity contribution in [1.29, 1.82) is 0 Å². The Morgan fingerprint density at radius 2 is 2.07 bits per heavy atom. The van der Waals surface area contributed by atoms with Crippen LogP contribution >= 0.6 is 15.9 Å². The van der Waals surface area contributed by atoms with Gasteiger partial charge in [0, 0.05) is 10.5 Å². The van der Waals surface area contributed by atoms with E-state index in [-0.39, 0.29) is 6.04 Å². The minimum Gasteiger partial charge on any atom is -0.271 e. The molecule has 3 N–H and O–H groups in total. The summed E-state index contributed by atoms with van der Waals surface area (Å²) >= 11 is 3.40. The molecule has 0 saturated carbocycles. The smallest absolute Gasteiger partial charge is 0.0462 e. The van der Waals surface area contributed by atoms with Gasteiger partial charge < -0.3 is 0 Å². The van der Waals surface area contributed by atoms with Gasteiger partial charge in [-0.25, -0.2) is 0 Å². The van der Waals surface area contributed by atoms with Gasteiger partial charge >= 0.3 is 0 Å². The molecule has 0 aliphatic carbocycles. The third-order valence-electron chi connectivity index (χ3n) is 2.13. The maximum Gasteiger partial charge on any atom is 0.0462 e. The molecule has 14 heavy (non-hydrogen) atoms. The molecule has 0 aliphatic rings. The van der Waals surface area contributed by atoms with Gasteiger partial charge in [-0.15, -0.1) is 6.58 Å². The number of hydrogen-bond donors (Lipinski definition) is 2. The Morgan fingerprint density at radius 3 is 2.57 bits per heavy atom. The van der Waals surface area contributed by atoms with E-state index in [1.807, 2.05) is 18.2 Å². The Hall–Kier alpha value is -0.640. The zero-order valence-corrected chi connectivity index (χ0v) is 9.63. The molecule has 1 unspecified atom stereocenters. The van der Waals surface area contributed by atoms with Crippen LogP contribution in [0, 0.1) is 0 Å². The van der Waals surface area contributed by atoms with Gasteiger partial charge in [0.2, 0.25) is 0 Å². The van der Waals surface area contributed by atoms with E-state index in [1.165, 1.54) is 5.56 Å². The number of rotatable bonds is 5. The van der Waals surface area contributed by atoms with Crippen LogP contribution in [-0.4, -0.2) is 0 Å². The van der Waals surface area contributed by atoms with Crippen LogP contribution in [0.1, 0.15) is 24.4 Å². The van der Waals surface area contributed by atoms with E-state index in [9.17, 15) is 0 Å². The van der Waals surface area contributed by atoms with Crippen molar-refractivity contribution in [1.82, 2.24) is 5.43 Å². The second kappa shape index (κ2) is 5.96. The minimum absolute atomic E-state index is 0.209. The lowest BCUT2D eigenvalue weighted by Crippen LogP contribution is -2.27. The van der Waals surface area contributed by atoms with Crippen LogP contribution in [0.25, 0.3) is 0 Å². The summed E-state index contributed by atoms with van der Waals surface area (Å²) in [6.07, 6.45) is 3.84. The van der Waals surface area contributed by atoms with Crippen LogP contribution in [0.15, 0.2) is 41.4 Å². The highest BCUT2D eigenvalue weighted by molar-refractivity contribution is 9.10. The topological polar surface area (TPSA) is 38.0 Å². The molecule has 0 saturated heterocycles. The number of benzene rings is 1. The van der Waals surface area contributed by atoms with Crippen molar-refractivity contribution in [3.63, 3.8) is 0 Å². The molecule has 76 valence electrons. The predicted octanol–water partition coefficient (Wildman–Crippen LogP) is 2.92. The second-order valence-corrected chi connectivity index (χ2v) is 4.05. The number of allylic oxidation sites excluding steroid dienone is 1. The van der Waals surface area contributed by atoms with E-state index in [1.54, 1.807) is 0 Å². The van der Waals surface area contributed by atoms with E-state index in [0.29, 0.717) is 0 Å². The second-order valence-electron chi connectivity index (χ2n) is 3.14. The monoisotopic (exact) mass is 254 g/mol. The summed E-state index contributed by atoms with van der Waals surface area (Å²) in [6, 6.07) is 8.39. The van der Waals surface area contributed by atoms with Crippen molar-refractivity contribution in [3.05, 3.63) is 47.0 Å². The van der Waals surface area contributed by atoms with E-state index >= 15 is 0 Å². The van der Waals surface area contributed by atoms with E-state index < -0.39 is 0 Å². The van der Waals surface area contributed by atoms with Crippen molar-refractivity contribution in [2.24, 2.45) is 5.84 Å². The Kier molecular flexibility index (Phi) is 4.87. The third-order valence-corrected chi connectivity index (χ3v) is 2.66. The molecule has 0 spiro atoms. The SMILES string of the molecule is C=CCCC(NN)c1ccc(Br)cc1. The first-order chi connectivity index (χ1) is 6.77. The van der Waals surface area contributed by atoms with E-state index in [2.05, 4.69) is 40.1 Å². The third kappa shape index (κ3) is 3.25. The zero-order chi connectivity index (χ0) is 10.4. The average Bonchev–Trinajstić information content (AvgIpc) is 2.21. The number of nitrogens with one attached hydrogen (secondary N) is 1. The number of halogens is 1. The maximum absolute atomic E-state index is 5.49. The van der Waals surface area contributed by atoms with Gasteiger partial charge in [-0.1, -0.05) is 34.1 Å². The van der Waals surface area contributed by atoms with E-state index in [0.717, 1.165) is 17.3 Å². The van der Waals surface area contributed by atoms with Crippen LogP contribution in [0.4, 0.5) is 0 Å². The van der Waals surface area contributed by atoms with Crippen LogP contribution < -0.4 is 11.3 Å². The molecular weight excluding hydrogens is 240 g/mol. The Labute approximate surface area is 93.3 Å². The van der Waals surface area contributed by atoms with Gasteiger partial charge in [-0.3, -0.25) is 11.3 Å². The highest BCUT2D eigenvalue weighted by atomic mass is 79.9. The lowest BCUT2D eigenvalue weighted by Gasteiger charge is -2.15. The first-order valence-electron chi connectivity index (χ1n) is 4.60. The molecule has 1 rings (SSSR count). The molecule has 0 radical (unpaired) electrons. The lowest BCUT2D eigenvalue weighted by molar-refractivity contribution is 0.521. The first-order valence-corrected chi connectivity index (χ1v) is 5.39. The molecule has 0 aliphatic heterocycles. The van der Waals surface area contributed by atoms with Gasteiger partial charge in [0.05, 0.1) is 0 Å². The van der Waals surface area contributed by atoms with Crippen LogP contribution in [0.2, 0.25) is 0 Å². The van der Waals surface area contributed by atoms with Crippen LogP contribution in [-0.2, 0) is 0 Å². The Bertz CT molecular complexity index is 282. The zero-order valence-electron chi connectivity index (χ0n) is 8.04. The van der Waals surface area contributed by atoms with Gasteiger partial charge in [0.15, 0.2) is 0 Å². The Balaban J connectivity index is 2.68. The predicted molar refractivity (Wildman–Crippen MR) is 63.6 cm³/mol. The highest BCUT2D eigenvalue weighted by Gasteiger charge is 2.07. The van der Waals surface area contributed by atoms with Crippen molar-refractivity contribution in [2.45, 2.75) is 18.9 Å². The van der Waals surface area contributed by atoms with E-state index in [4.69, 9.17) is 5.84 Å². The van der Waals surface area contributed by atoms with Crippen molar-refractivity contribution < 1.29 is 0 Å². The summed E-state index contributed by atoms with van der Waals surface area (Å²) in [5.41, 5.74) is 4.02. The molecule has 0 fully saturated rings. The fraction of sp³-hybridized carbons (Fsp3) is 0.273. The van der Waals surface area contributed by atoms with Gasteiger partial charge in [0.1, 0.15) is 0 Å².